The fourth-order valence-corrected chi connectivity index (χ4v) is 3.78. The minimum atomic E-state index is -3.30. The maximum Gasteiger partial charge on any atom is 0.248 e. The third-order valence-electron chi connectivity index (χ3n) is 3.40. The highest BCUT2D eigenvalue weighted by Gasteiger charge is 2.04. The number of aryl methyl sites for hydroxylation is 1. The van der Waals surface area contributed by atoms with Gasteiger partial charge in [0, 0.05) is 17.5 Å². The first-order valence-corrected chi connectivity index (χ1v) is 10.4. The Morgan fingerprint density at radius 3 is 2.50 bits per heavy atom. The van der Waals surface area contributed by atoms with Crippen molar-refractivity contribution < 1.29 is 13.2 Å². The maximum absolute atomic E-state index is 12.1. The molecule has 1 aromatic heterocycles. The number of nitrogens with zero attached hydrogens (tertiary/aromatic N) is 1. The van der Waals surface area contributed by atoms with Crippen molar-refractivity contribution in [2.75, 3.05) is 16.3 Å². The van der Waals surface area contributed by atoms with Crippen LogP contribution in [0.25, 0.3) is 16.3 Å². The number of rotatable bonds is 5. The summed E-state index contributed by atoms with van der Waals surface area (Å²) in [6.45, 7) is 1.95. The fraction of sp³-hybridized carbons (Fsp3) is 0.111. The third-order valence-corrected chi connectivity index (χ3v) is 4.94. The standard InChI is InChI=1S/C18H17N3O3S2/c1-12-19-16-9-8-15(11-17(16)25-12)20-18(22)10-5-13-3-6-14(7-4-13)21-26(2,23)24/h3-11,21H,1-2H3,(H,20,22)/b10-5+. The Balaban J connectivity index is 1.64. The monoisotopic (exact) mass is 387 g/mol. The van der Waals surface area contributed by atoms with Crippen molar-refractivity contribution in [3.05, 3.63) is 59.1 Å². The molecule has 6 nitrogen and oxygen atoms in total. The van der Waals surface area contributed by atoms with Gasteiger partial charge in [-0.05, 0) is 48.9 Å². The van der Waals surface area contributed by atoms with Crippen LogP contribution in [0.3, 0.4) is 0 Å². The van der Waals surface area contributed by atoms with Crippen molar-refractivity contribution in [3.8, 4) is 0 Å². The lowest BCUT2D eigenvalue weighted by Gasteiger charge is -2.04. The van der Waals surface area contributed by atoms with Gasteiger partial charge < -0.3 is 5.32 Å². The van der Waals surface area contributed by atoms with Crippen LogP contribution in [-0.4, -0.2) is 25.6 Å². The van der Waals surface area contributed by atoms with E-state index in [4.69, 9.17) is 0 Å². The summed E-state index contributed by atoms with van der Waals surface area (Å²) in [6, 6.07) is 12.3. The first-order chi connectivity index (χ1) is 12.3. The summed E-state index contributed by atoms with van der Waals surface area (Å²) in [5.41, 5.74) is 2.89. The average molecular weight is 387 g/mol. The van der Waals surface area contributed by atoms with Crippen molar-refractivity contribution in [2.45, 2.75) is 6.92 Å². The average Bonchev–Trinajstić information content (AvgIpc) is 2.92. The van der Waals surface area contributed by atoms with E-state index < -0.39 is 10.0 Å². The Hall–Kier alpha value is -2.71. The van der Waals surface area contributed by atoms with Crippen LogP contribution in [0.4, 0.5) is 11.4 Å². The molecule has 0 fully saturated rings. The smallest absolute Gasteiger partial charge is 0.248 e. The molecule has 0 bridgehead atoms. The molecule has 0 saturated carbocycles. The van der Waals surface area contributed by atoms with Gasteiger partial charge in [0.25, 0.3) is 0 Å². The summed E-state index contributed by atoms with van der Waals surface area (Å²) >= 11 is 1.58. The molecule has 1 heterocycles. The quantitative estimate of drug-likeness (QED) is 0.655. The van der Waals surface area contributed by atoms with Crippen molar-refractivity contribution in [1.29, 1.82) is 0 Å². The predicted octanol–water partition coefficient (Wildman–Crippen LogP) is 3.63. The zero-order chi connectivity index (χ0) is 18.7. The van der Waals surface area contributed by atoms with Gasteiger partial charge in [0.1, 0.15) is 0 Å². The lowest BCUT2D eigenvalue weighted by molar-refractivity contribution is -0.111. The highest BCUT2D eigenvalue weighted by atomic mass is 32.2. The van der Waals surface area contributed by atoms with Gasteiger partial charge >= 0.3 is 0 Å². The van der Waals surface area contributed by atoms with E-state index >= 15 is 0 Å². The topological polar surface area (TPSA) is 88.2 Å². The lowest BCUT2D eigenvalue weighted by atomic mass is 10.2. The SMILES string of the molecule is Cc1nc2ccc(NC(=O)/C=C/c3ccc(NS(C)(=O)=O)cc3)cc2s1. The Morgan fingerprint density at radius 1 is 1.12 bits per heavy atom. The molecule has 8 heteroatoms. The van der Waals surface area contributed by atoms with Crippen LogP contribution < -0.4 is 10.0 Å². The summed E-state index contributed by atoms with van der Waals surface area (Å²) in [5.74, 6) is -0.246. The molecule has 3 aromatic rings. The molecule has 0 aliphatic heterocycles. The molecule has 26 heavy (non-hydrogen) atoms. The van der Waals surface area contributed by atoms with E-state index in [2.05, 4.69) is 15.0 Å². The molecule has 0 spiro atoms. The largest absolute Gasteiger partial charge is 0.322 e. The number of sulfonamides is 1. The number of hydrogen-bond acceptors (Lipinski definition) is 5. The second kappa shape index (κ2) is 7.27. The van der Waals surface area contributed by atoms with E-state index in [-0.39, 0.29) is 5.91 Å². The summed E-state index contributed by atoms with van der Waals surface area (Å²) in [7, 11) is -3.30. The van der Waals surface area contributed by atoms with Crippen LogP contribution in [0.2, 0.25) is 0 Å². The number of carbonyl (C=O) groups excluding carboxylic acids is 1. The number of fused-ring (bicyclic) bond motifs is 1. The zero-order valence-electron chi connectivity index (χ0n) is 14.2. The number of hydrogen-bond donors (Lipinski definition) is 2. The Kier molecular flexibility index (Phi) is 5.06. The van der Waals surface area contributed by atoms with E-state index in [1.807, 2.05) is 25.1 Å². The Bertz CT molecular complexity index is 1080. The van der Waals surface area contributed by atoms with Crippen LogP contribution in [0, 0.1) is 6.92 Å². The summed E-state index contributed by atoms with van der Waals surface area (Å²) in [4.78, 5) is 16.5. The van der Waals surface area contributed by atoms with Crippen LogP contribution in [0.15, 0.2) is 48.5 Å². The predicted molar refractivity (Wildman–Crippen MR) is 107 cm³/mol. The molecule has 0 aliphatic rings. The summed E-state index contributed by atoms with van der Waals surface area (Å²) in [5, 5.41) is 3.80. The summed E-state index contributed by atoms with van der Waals surface area (Å²) < 4.78 is 25.8. The van der Waals surface area contributed by atoms with E-state index in [0.29, 0.717) is 11.4 Å². The van der Waals surface area contributed by atoms with Crippen LogP contribution in [0.5, 0.6) is 0 Å². The van der Waals surface area contributed by atoms with Gasteiger partial charge in [-0.2, -0.15) is 0 Å². The number of nitrogens with one attached hydrogen (secondary N) is 2. The van der Waals surface area contributed by atoms with Gasteiger partial charge in [0.05, 0.1) is 21.5 Å². The number of benzene rings is 2. The van der Waals surface area contributed by atoms with Gasteiger partial charge in [-0.15, -0.1) is 11.3 Å². The maximum atomic E-state index is 12.1. The Morgan fingerprint density at radius 2 is 1.81 bits per heavy atom. The minimum absolute atomic E-state index is 0.246. The first-order valence-electron chi connectivity index (χ1n) is 7.73. The molecule has 0 atom stereocenters. The number of aromatic nitrogens is 1. The van der Waals surface area contributed by atoms with Crippen LogP contribution in [0.1, 0.15) is 10.6 Å². The van der Waals surface area contributed by atoms with Gasteiger partial charge in [0.2, 0.25) is 15.9 Å². The van der Waals surface area contributed by atoms with Gasteiger partial charge in [-0.25, -0.2) is 13.4 Å². The van der Waals surface area contributed by atoms with Crippen molar-refractivity contribution in [3.63, 3.8) is 0 Å². The van der Waals surface area contributed by atoms with Crippen LogP contribution in [-0.2, 0) is 14.8 Å². The number of carbonyl (C=O) groups is 1. The number of thiazole rings is 1. The fourth-order valence-electron chi connectivity index (χ4n) is 2.35. The van der Waals surface area contributed by atoms with E-state index in [1.54, 1.807) is 41.7 Å². The highest BCUT2D eigenvalue weighted by Crippen LogP contribution is 2.24. The highest BCUT2D eigenvalue weighted by molar-refractivity contribution is 7.92. The van der Waals surface area contributed by atoms with E-state index in [1.165, 1.54) is 6.08 Å². The number of anilines is 2. The summed E-state index contributed by atoms with van der Waals surface area (Å²) in [6.07, 6.45) is 4.19. The van der Waals surface area contributed by atoms with Gasteiger partial charge in [0.15, 0.2) is 0 Å². The second-order valence-electron chi connectivity index (χ2n) is 5.73. The molecule has 134 valence electrons. The van der Waals surface area contributed by atoms with Crippen LogP contribution >= 0.6 is 11.3 Å². The number of amides is 1. The second-order valence-corrected chi connectivity index (χ2v) is 8.72. The molecular formula is C18H17N3O3S2. The molecule has 0 unspecified atom stereocenters. The Labute approximate surface area is 155 Å². The zero-order valence-corrected chi connectivity index (χ0v) is 15.8. The molecule has 0 radical (unpaired) electrons. The molecular weight excluding hydrogens is 370 g/mol. The van der Waals surface area contributed by atoms with Gasteiger partial charge in [-0.1, -0.05) is 12.1 Å². The molecule has 0 aliphatic carbocycles. The van der Waals surface area contributed by atoms with Gasteiger partial charge in [-0.3, -0.25) is 9.52 Å². The van der Waals surface area contributed by atoms with Crippen molar-refractivity contribution in [2.24, 2.45) is 0 Å². The molecule has 1 amide bonds. The normalized spacial score (nSPS) is 11.8. The lowest BCUT2D eigenvalue weighted by Crippen LogP contribution is -2.09. The molecule has 0 saturated heterocycles. The first kappa shape index (κ1) is 18.1. The molecule has 2 N–H and O–H groups in total. The van der Waals surface area contributed by atoms with Crippen molar-refractivity contribution in [1.82, 2.24) is 4.98 Å². The van der Waals surface area contributed by atoms with E-state index in [0.717, 1.165) is 27.0 Å². The molecule has 2 aromatic carbocycles. The third kappa shape index (κ3) is 4.90. The minimum Gasteiger partial charge on any atom is -0.322 e. The van der Waals surface area contributed by atoms with Crippen molar-refractivity contribution >= 4 is 54.9 Å². The molecule has 3 rings (SSSR count). The van der Waals surface area contributed by atoms with E-state index in [9.17, 15) is 13.2 Å².